The molecular weight excluding hydrogens is 280 g/mol. The summed E-state index contributed by atoms with van der Waals surface area (Å²) in [5, 5.41) is 13.7. The molecule has 0 aliphatic carbocycles. The fourth-order valence-corrected chi connectivity index (χ4v) is 1.74. The van der Waals surface area contributed by atoms with Crippen molar-refractivity contribution < 1.29 is 13.6 Å². The largest absolute Gasteiger partial charge is 0.349 e. The van der Waals surface area contributed by atoms with E-state index in [0.29, 0.717) is 12.2 Å². The first-order valence-electron chi connectivity index (χ1n) is 6.61. The second kappa shape index (κ2) is 6.87. The second-order valence-corrected chi connectivity index (χ2v) is 4.49. The SMILES string of the molecule is CCCCC(=O)NCc1nnnn1-c1ccc(F)c(F)c1. The maximum absolute atomic E-state index is 13.2. The van der Waals surface area contributed by atoms with Crippen molar-refractivity contribution in [2.24, 2.45) is 0 Å². The highest BCUT2D eigenvalue weighted by molar-refractivity contribution is 5.75. The van der Waals surface area contributed by atoms with Crippen LogP contribution in [0.2, 0.25) is 0 Å². The molecular formula is C13H15F2N5O. The summed E-state index contributed by atoms with van der Waals surface area (Å²) in [6.45, 7) is 2.12. The molecule has 0 unspecified atom stereocenters. The molecule has 6 nitrogen and oxygen atoms in total. The van der Waals surface area contributed by atoms with Crippen LogP contribution in [0.3, 0.4) is 0 Å². The van der Waals surface area contributed by atoms with E-state index in [-0.39, 0.29) is 18.1 Å². The molecule has 112 valence electrons. The van der Waals surface area contributed by atoms with Crippen molar-refractivity contribution in [3.63, 3.8) is 0 Å². The average Bonchev–Trinajstić information content (AvgIpc) is 2.94. The lowest BCUT2D eigenvalue weighted by Crippen LogP contribution is -2.24. The molecule has 0 spiro atoms. The number of tetrazole rings is 1. The molecule has 1 amide bonds. The number of amides is 1. The fourth-order valence-electron chi connectivity index (χ4n) is 1.74. The van der Waals surface area contributed by atoms with Crippen molar-refractivity contribution in [1.82, 2.24) is 25.5 Å². The highest BCUT2D eigenvalue weighted by Crippen LogP contribution is 2.13. The van der Waals surface area contributed by atoms with E-state index >= 15 is 0 Å². The Hall–Kier alpha value is -2.38. The average molecular weight is 295 g/mol. The van der Waals surface area contributed by atoms with Crippen molar-refractivity contribution in [2.45, 2.75) is 32.7 Å². The number of carbonyl (C=O) groups is 1. The van der Waals surface area contributed by atoms with E-state index < -0.39 is 11.6 Å². The number of aromatic nitrogens is 4. The summed E-state index contributed by atoms with van der Waals surface area (Å²) in [7, 11) is 0. The van der Waals surface area contributed by atoms with Gasteiger partial charge in [-0.1, -0.05) is 13.3 Å². The van der Waals surface area contributed by atoms with Gasteiger partial charge in [0.25, 0.3) is 0 Å². The first kappa shape index (κ1) is 15.0. The molecule has 21 heavy (non-hydrogen) atoms. The predicted octanol–water partition coefficient (Wildman–Crippen LogP) is 1.75. The summed E-state index contributed by atoms with van der Waals surface area (Å²) in [5.74, 6) is -1.69. The van der Waals surface area contributed by atoms with Crippen LogP contribution in [0.25, 0.3) is 5.69 Å². The van der Waals surface area contributed by atoms with Gasteiger partial charge in [0.15, 0.2) is 17.5 Å². The highest BCUT2D eigenvalue weighted by atomic mass is 19.2. The van der Waals surface area contributed by atoms with Gasteiger partial charge in [0.2, 0.25) is 5.91 Å². The van der Waals surface area contributed by atoms with Crippen LogP contribution in [0.15, 0.2) is 18.2 Å². The standard InChI is InChI=1S/C13H15F2N5O/c1-2-3-4-13(21)16-8-12-17-18-19-20(12)9-5-6-10(14)11(15)7-9/h5-7H,2-4,8H2,1H3,(H,16,21). The first-order valence-corrected chi connectivity index (χ1v) is 6.61. The van der Waals surface area contributed by atoms with Crippen LogP contribution in [0.5, 0.6) is 0 Å². The molecule has 0 bridgehead atoms. The summed E-state index contributed by atoms with van der Waals surface area (Å²) >= 11 is 0. The van der Waals surface area contributed by atoms with E-state index in [9.17, 15) is 13.6 Å². The summed E-state index contributed by atoms with van der Waals surface area (Å²) in [4.78, 5) is 11.5. The molecule has 0 radical (unpaired) electrons. The number of hydrogen-bond donors (Lipinski definition) is 1. The van der Waals surface area contributed by atoms with Crippen molar-refractivity contribution in [3.05, 3.63) is 35.7 Å². The third-order valence-electron chi connectivity index (χ3n) is 2.88. The van der Waals surface area contributed by atoms with Gasteiger partial charge in [-0.2, -0.15) is 4.68 Å². The Kier molecular flexibility index (Phi) is 4.91. The maximum Gasteiger partial charge on any atom is 0.220 e. The zero-order chi connectivity index (χ0) is 15.2. The van der Waals surface area contributed by atoms with Crippen LogP contribution in [0, 0.1) is 11.6 Å². The van der Waals surface area contributed by atoms with Crippen LogP contribution < -0.4 is 5.32 Å². The number of carbonyl (C=O) groups excluding carboxylic acids is 1. The highest BCUT2D eigenvalue weighted by Gasteiger charge is 2.11. The van der Waals surface area contributed by atoms with Crippen molar-refractivity contribution in [2.75, 3.05) is 0 Å². The minimum absolute atomic E-state index is 0.100. The number of nitrogens with zero attached hydrogens (tertiary/aromatic N) is 4. The first-order chi connectivity index (χ1) is 10.1. The molecule has 2 rings (SSSR count). The number of benzene rings is 1. The lowest BCUT2D eigenvalue weighted by Gasteiger charge is -2.06. The molecule has 0 atom stereocenters. The van der Waals surface area contributed by atoms with Gasteiger partial charge in [0, 0.05) is 12.5 Å². The quantitative estimate of drug-likeness (QED) is 0.881. The Morgan fingerprint density at radius 1 is 1.33 bits per heavy atom. The Morgan fingerprint density at radius 2 is 2.14 bits per heavy atom. The van der Waals surface area contributed by atoms with Gasteiger partial charge in [0.1, 0.15) is 0 Å². The lowest BCUT2D eigenvalue weighted by molar-refractivity contribution is -0.121. The summed E-state index contributed by atoms with van der Waals surface area (Å²) < 4.78 is 27.4. The third-order valence-corrected chi connectivity index (χ3v) is 2.88. The van der Waals surface area contributed by atoms with Gasteiger partial charge >= 0.3 is 0 Å². The fraction of sp³-hybridized carbons (Fsp3) is 0.385. The smallest absolute Gasteiger partial charge is 0.220 e. The van der Waals surface area contributed by atoms with Gasteiger partial charge < -0.3 is 5.32 Å². The lowest BCUT2D eigenvalue weighted by atomic mass is 10.2. The monoisotopic (exact) mass is 295 g/mol. The van der Waals surface area contributed by atoms with Crippen LogP contribution in [-0.2, 0) is 11.3 Å². The summed E-state index contributed by atoms with van der Waals surface area (Å²) in [5.41, 5.74) is 0.289. The van der Waals surface area contributed by atoms with Gasteiger partial charge in [-0.05, 0) is 29.0 Å². The molecule has 1 heterocycles. The van der Waals surface area contributed by atoms with Gasteiger partial charge in [-0.25, -0.2) is 8.78 Å². The molecule has 8 heteroatoms. The minimum Gasteiger partial charge on any atom is -0.349 e. The Bertz CT molecular complexity index is 629. The van der Waals surface area contributed by atoms with Crippen LogP contribution >= 0.6 is 0 Å². The molecule has 0 saturated heterocycles. The van der Waals surface area contributed by atoms with E-state index in [0.717, 1.165) is 25.0 Å². The van der Waals surface area contributed by atoms with Gasteiger partial charge in [0.05, 0.1) is 12.2 Å². The number of unbranched alkanes of at least 4 members (excludes halogenated alkanes) is 1. The maximum atomic E-state index is 13.2. The van der Waals surface area contributed by atoms with Crippen molar-refractivity contribution in [1.29, 1.82) is 0 Å². The van der Waals surface area contributed by atoms with Crippen LogP contribution in [0.4, 0.5) is 8.78 Å². The van der Waals surface area contributed by atoms with E-state index in [1.54, 1.807) is 0 Å². The minimum atomic E-state index is -0.985. The van der Waals surface area contributed by atoms with E-state index in [1.165, 1.54) is 10.7 Å². The van der Waals surface area contributed by atoms with Crippen LogP contribution in [0.1, 0.15) is 32.0 Å². The molecule has 0 aliphatic rings. The normalized spacial score (nSPS) is 10.6. The Labute approximate surface area is 120 Å². The molecule has 0 fully saturated rings. The van der Waals surface area contributed by atoms with E-state index in [2.05, 4.69) is 20.8 Å². The van der Waals surface area contributed by atoms with Gasteiger partial charge in [-0.15, -0.1) is 5.10 Å². The second-order valence-electron chi connectivity index (χ2n) is 4.49. The van der Waals surface area contributed by atoms with E-state index in [4.69, 9.17) is 0 Å². The number of halogens is 2. The molecule has 1 N–H and O–H groups in total. The number of nitrogens with one attached hydrogen (secondary N) is 1. The summed E-state index contributed by atoms with van der Waals surface area (Å²) in [6, 6.07) is 3.35. The Morgan fingerprint density at radius 3 is 2.86 bits per heavy atom. The topological polar surface area (TPSA) is 72.7 Å². The molecule has 1 aromatic heterocycles. The molecule has 0 saturated carbocycles. The van der Waals surface area contributed by atoms with Crippen molar-refractivity contribution in [3.8, 4) is 5.69 Å². The molecule has 2 aromatic rings. The third kappa shape index (κ3) is 3.80. The summed E-state index contributed by atoms with van der Waals surface area (Å²) in [6.07, 6.45) is 2.17. The predicted molar refractivity (Wildman–Crippen MR) is 70.4 cm³/mol. The zero-order valence-corrected chi connectivity index (χ0v) is 11.5. The number of hydrogen-bond acceptors (Lipinski definition) is 4. The van der Waals surface area contributed by atoms with Crippen molar-refractivity contribution >= 4 is 5.91 Å². The van der Waals surface area contributed by atoms with Crippen LogP contribution in [-0.4, -0.2) is 26.1 Å². The van der Waals surface area contributed by atoms with Gasteiger partial charge in [-0.3, -0.25) is 4.79 Å². The molecule has 0 aliphatic heterocycles. The molecule has 1 aromatic carbocycles. The zero-order valence-electron chi connectivity index (χ0n) is 11.5. The Balaban J connectivity index is 2.08. The number of rotatable bonds is 6. The van der Waals surface area contributed by atoms with E-state index in [1.807, 2.05) is 6.92 Å².